The Bertz CT molecular complexity index is 208. The molecule has 0 spiro atoms. The fourth-order valence-corrected chi connectivity index (χ4v) is 2.71. The van der Waals surface area contributed by atoms with Gasteiger partial charge in [-0.1, -0.05) is 0 Å². The fraction of sp³-hybridized carbons (Fsp3) is 1.00. The van der Waals surface area contributed by atoms with Crippen molar-refractivity contribution in [2.75, 3.05) is 5.75 Å². The van der Waals surface area contributed by atoms with Crippen LogP contribution in [-0.4, -0.2) is 25.5 Å². The van der Waals surface area contributed by atoms with Crippen LogP contribution in [0.25, 0.3) is 0 Å². The van der Waals surface area contributed by atoms with Crippen LogP contribution in [0.3, 0.4) is 0 Å². The Hall–Kier alpha value is -0.0900. The largest absolute Gasteiger partial charge is 0.328 e. The molecule has 0 aromatic heterocycles. The van der Waals surface area contributed by atoms with E-state index >= 15 is 0 Å². The lowest BCUT2D eigenvalue weighted by molar-refractivity contribution is 0.515. The molecule has 1 aliphatic rings. The van der Waals surface area contributed by atoms with Crippen molar-refractivity contribution in [3.05, 3.63) is 0 Å². The third kappa shape index (κ3) is 1.49. The lowest BCUT2D eigenvalue weighted by Gasteiger charge is -2.26. The molecule has 0 bridgehead atoms. The molecule has 0 aromatic rings. The van der Waals surface area contributed by atoms with Crippen molar-refractivity contribution < 1.29 is 8.42 Å². The molecule has 0 aliphatic carbocycles. The zero-order valence-corrected chi connectivity index (χ0v) is 6.89. The highest BCUT2D eigenvalue weighted by atomic mass is 32.2. The molecule has 60 valence electrons. The Morgan fingerprint density at radius 2 is 2.30 bits per heavy atom. The normalized spacial score (nSPS) is 32.8. The molecule has 1 saturated heterocycles. The second-order valence-electron chi connectivity index (χ2n) is 2.99. The summed E-state index contributed by atoms with van der Waals surface area (Å²) < 4.78 is 21.8. The van der Waals surface area contributed by atoms with E-state index < -0.39 is 9.84 Å². The Balaban J connectivity index is 2.46. The van der Waals surface area contributed by atoms with E-state index in [4.69, 9.17) is 5.73 Å². The van der Waals surface area contributed by atoms with Crippen LogP contribution in [0.15, 0.2) is 0 Å². The topological polar surface area (TPSA) is 60.2 Å². The van der Waals surface area contributed by atoms with Gasteiger partial charge in [0, 0.05) is 6.04 Å². The van der Waals surface area contributed by atoms with Gasteiger partial charge in [-0.15, -0.1) is 0 Å². The smallest absolute Gasteiger partial charge is 0.153 e. The van der Waals surface area contributed by atoms with Gasteiger partial charge in [-0.05, 0) is 19.8 Å². The van der Waals surface area contributed by atoms with Gasteiger partial charge in [0.2, 0.25) is 0 Å². The molecule has 0 amide bonds. The van der Waals surface area contributed by atoms with Crippen molar-refractivity contribution in [1.82, 2.24) is 0 Å². The summed E-state index contributed by atoms with van der Waals surface area (Å²) in [7, 11) is -2.70. The van der Waals surface area contributed by atoms with Gasteiger partial charge in [0.05, 0.1) is 11.0 Å². The Kier molecular flexibility index (Phi) is 2.01. The predicted octanol–water partition coefficient (Wildman–Crippen LogP) is -0.0892. The Labute approximate surface area is 61.5 Å². The summed E-state index contributed by atoms with van der Waals surface area (Å²) in [6.07, 6.45) is 1.44. The van der Waals surface area contributed by atoms with Crippen molar-refractivity contribution in [2.45, 2.75) is 31.1 Å². The maximum absolute atomic E-state index is 10.9. The Morgan fingerprint density at radius 3 is 2.40 bits per heavy atom. The second-order valence-corrected chi connectivity index (χ2v) is 5.39. The van der Waals surface area contributed by atoms with Crippen LogP contribution in [0.5, 0.6) is 0 Å². The minimum absolute atomic E-state index is 0.0140. The average Bonchev–Trinajstić information content (AvgIpc) is 1.81. The monoisotopic (exact) mass is 163 g/mol. The maximum atomic E-state index is 10.9. The van der Waals surface area contributed by atoms with Crippen molar-refractivity contribution in [3.8, 4) is 0 Å². The van der Waals surface area contributed by atoms with Crippen LogP contribution in [0.1, 0.15) is 19.8 Å². The molecule has 1 heterocycles. The SMILES string of the molecule is CC(N)CC1CCS1(=O)=O. The van der Waals surface area contributed by atoms with Gasteiger partial charge in [-0.25, -0.2) is 8.42 Å². The highest BCUT2D eigenvalue weighted by Crippen LogP contribution is 2.24. The third-order valence-corrected chi connectivity index (χ3v) is 4.12. The van der Waals surface area contributed by atoms with Gasteiger partial charge >= 0.3 is 0 Å². The fourth-order valence-electron chi connectivity index (χ4n) is 1.16. The summed E-state index contributed by atoms with van der Waals surface area (Å²) in [6.45, 7) is 1.84. The molecular weight excluding hydrogens is 150 g/mol. The van der Waals surface area contributed by atoms with Crippen LogP contribution < -0.4 is 5.73 Å². The van der Waals surface area contributed by atoms with E-state index in [1.807, 2.05) is 6.92 Å². The first kappa shape index (κ1) is 8.01. The van der Waals surface area contributed by atoms with E-state index in [9.17, 15) is 8.42 Å². The lowest BCUT2D eigenvalue weighted by Crippen LogP contribution is -2.40. The van der Waals surface area contributed by atoms with Gasteiger partial charge in [-0.2, -0.15) is 0 Å². The lowest BCUT2D eigenvalue weighted by atomic mass is 10.1. The van der Waals surface area contributed by atoms with Gasteiger partial charge in [0.25, 0.3) is 0 Å². The quantitative estimate of drug-likeness (QED) is 0.619. The number of hydrogen-bond donors (Lipinski definition) is 1. The summed E-state index contributed by atoms with van der Waals surface area (Å²) in [5.41, 5.74) is 5.46. The van der Waals surface area contributed by atoms with E-state index in [0.717, 1.165) is 6.42 Å². The maximum Gasteiger partial charge on any atom is 0.153 e. The van der Waals surface area contributed by atoms with Gasteiger partial charge in [0.15, 0.2) is 9.84 Å². The van der Waals surface area contributed by atoms with Crippen LogP contribution in [-0.2, 0) is 9.84 Å². The summed E-state index contributed by atoms with van der Waals surface area (Å²) in [6, 6.07) is 0.0140. The molecule has 2 N–H and O–H groups in total. The molecular formula is C6H13NO2S. The van der Waals surface area contributed by atoms with E-state index in [-0.39, 0.29) is 11.3 Å². The molecule has 0 saturated carbocycles. The molecule has 10 heavy (non-hydrogen) atoms. The molecule has 2 atom stereocenters. The molecule has 0 radical (unpaired) electrons. The summed E-state index contributed by atoms with van der Waals surface area (Å²) >= 11 is 0. The summed E-state index contributed by atoms with van der Waals surface area (Å²) in [4.78, 5) is 0. The van der Waals surface area contributed by atoms with Crippen LogP contribution >= 0.6 is 0 Å². The minimum Gasteiger partial charge on any atom is -0.328 e. The molecule has 4 heteroatoms. The van der Waals surface area contributed by atoms with Crippen LogP contribution in [0.4, 0.5) is 0 Å². The molecule has 2 unspecified atom stereocenters. The zero-order chi connectivity index (χ0) is 7.78. The standard InChI is InChI=1S/C6H13NO2S/c1-5(7)4-6-2-3-10(6,8)9/h5-6H,2-4,7H2,1H3. The number of sulfone groups is 1. The van der Waals surface area contributed by atoms with Crippen molar-refractivity contribution in [1.29, 1.82) is 0 Å². The second kappa shape index (κ2) is 2.51. The molecule has 1 aliphatic heterocycles. The summed E-state index contributed by atoms with van der Waals surface area (Å²) in [5, 5.41) is -0.132. The van der Waals surface area contributed by atoms with Gasteiger partial charge < -0.3 is 5.73 Å². The van der Waals surface area contributed by atoms with Gasteiger partial charge in [0.1, 0.15) is 0 Å². The number of hydrogen-bond acceptors (Lipinski definition) is 3. The molecule has 3 nitrogen and oxygen atoms in total. The minimum atomic E-state index is -2.70. The Morgan fingerprint density at radius 1 is 1.70 bits per heavy atom. The van der Waals surface area contributed by atoms with Crippen molar-refractivity contribution in [3.63, 3.8) is 0 Å². The number of rotatable bonds is 2. The molecule has 0 aromatic carbocycles. The summed E-state index contributed by atoms with van der Waals surface area (Å²) in [5.74, 6) is 0.365. The van der Waals surface area contributed by atoms with E-state index in [1.54, 1.807) is 0 Å². The predicted molar refractivity (Wildman–Crippen MR) is 40.5 cm³/mol. The van der Waals surface area contributed by atoms with Crippen molar-refractivity contribution >= 4 is 9.84 Å². The van der Waals surface area contributed by atoms with Crippen LogP contribution in [0, 0.1) is 0 Å². The molecule has 1 rings (SSSR count). The highest BCUT2D eigenvalue weighted by Gasteiger charge is 2.35. The third-order valence-electron chi connectivity index (χ3n) is 1.87. The number of nitrogens with two attached hydrogens (primary N) is 1. The average molecular weight is 163 g/mol. The van der Waals surface area contributed by atoms with E-state index in [2.05, 4.69) is 0 Å². The van der Waals surface area contributed by atoms with Crippen LogP contribution in [0.2, 0.25) is 0 Å². The molecule has 1 fully saturated rings. The van der Waals surface area contributed by atoms with E-state index in [1.165, 1.54) is 0 Å². The highest BCUT2D eigenvalue weighted by molar-refractivity contribution is 7.93. The zero-order valence-electron chi connectivity index (χ0n) is 6.08. The van der Waals surface area contributed by atoms with E-state index in [0.29, 0.717) is 12.2 Å². The first-order valence-corrected chi connectivity index (χ1v) is 5.21. The van der Waals surface area contributed by atoms with Gasteiger partial charge in [-0.3, -0.25) is 0 Å². The first-order valence-electron chi connectivity index (χ1n) is 3.49. The van der Waals surface area contributed by atoms with Crippen molar-refractivity contribution in [2.24, 2.45) is 5.73 Å². The first-order chi connectivity index (χ1) is 4.52.